The van der Waals surface area contributed by atoms with Gasteiger partial charge in [-0.3, -0.25) is 4.79 Å². The lowest BCUT2D eigenvalue weighted by molar-refractivity contribution is -0.137. The number of aromatic hydroxyl groups is 1. The normalized spacial score (nSPS) is 12.5. The van der Waals surface area contributed by atoms with Crippen LogP contribution in [0.3, 0.4) is 0 Å². The Morgan fingerprint density at radius 3 is 2.67 bits per heavy atom. The van der Waals surface area contributed by atoms with Crippen molar-refractivity contribution in [3.05, 3.63) is 28.0 Å². The summed E-state index contributed by atoms with van der Waals surface area (Å²) in [6.07, 6.45) is -0.0580. The molecule has 2 N–H and O–H groups in total. The first-order valence-corrected chi connectivity index (χ1v) is 5.10. The van der Waals surface area contributed by atoms with Gasteiger partial charge in [-0.2, -0.15) is 0 Å². The number of halogens is 2. The molecule has 0 saturated heterocycles. The second kappa shape index (κ2) is 4.61. The maximum atomic E-state index is 13.0. The van der Waals surface area contributed by atoms with E-state index in [-0.39, 0.29) is 16.8 Å². The van der Waals surface area contributed by atoms with Gasteiger partial charge < -0.3 is 10.2 Å². The number of carbonyl (C=O) groups is 1. The molecular formula is C10H10BrFO3. The summed E-state index contributed by atoms with van der Waals surface area (Å²) < 4.78 is 13.2. The topological polar surface area (TPSA) is 57.5 Å². The molecule has 0 spiro atoms. The smallest absolute Gasteiger partial charge is 0.303 e. The van der Waals surface area contributed by atoms with E-state index in [9.17, 15) is 14.3 Å². The van der Waals surface area contributed by atoms with Crippen LogP contribution < -0.4 is 0 Å². The highest BCUT2D eigenvalue weighted by Gasteiger charge is 2.14. The Morgan fingerprint density at radius 2 is 2.20 bits per heavy atom. The molecule has 1 aromatic rings. The van der Waals surface area contributed by atoms with E-state index in [1.165, 1.54) is 12.1 Å². The van der Waals surface area contributed by atoms with Gasteiger partial charge in [-0.1, -0.05) is 6.92 Å². The summed E-state index contributed by atoms with van der Waals surface area (Å²) in [5, 5.41) is 17.8. The molecule has 0 radical (unpaired) electrons. The van der Waals surface area contributed by atoms with Gasteiger partial charge in [0.05, 0.1) is 10.9 Å². The zero-order chi connectivity index (χ0) is 11.6. The number of rotatable bonds is 3. The number of hydrogen-bond donors (Lipinski definition) is 2. The lowest BCUT2D eigenvalue weighted by Gasteiger charge is -2.10. The van der Waals surface area contributed by atoms with Gasteiger partial charge in [0, 0.05) is 0 Å². The van der Waals surface area contributed by atoms with Crippen LogP contribution in [0.1, 0.15) is 24.8 Å². The second-order valence-corrected chi connectivity index (χ2v) is 4.19. The Labute approximate surface area is 94.7 Å². The third-order valence-corrected chi connectivity index (χ3v) is 2.66. The van der Waals surface area contributed by atoms with Crippen LogP contribution in [0, 0.1) is 5.82 Å². The fourth-order valence-corrected chi connectivity index (χ4v) is 1.73. The third-order valence-electron chi connectivity index (χ3n) is 2.08. The SMILES string of the molecule is CC(CC(=O)O)c1cc(O)c(F)c(Br)c1. The molecule has 0 heterocycles. The van der Waals surface area contributed by atoms with E-state index in [4.69, 9.17) is 5.11 Å². The van der Waals surface area contributed by atoms with Crippen molar-refractivity contribution in [3.8, 4) is 5.75 Å². The molecule has 0 fully saturated rings. The Balaban J connectivity index is 3.00. The van der Waals surface area contributed by atoms with E-state index in [0.29, 0.717) is 5.56 Å². The van der Waals surface area contributed by atoms with Gasteiger partial charge in [-0.25, -0.2) is 4.39 Å². The van der Waals surface area contributed by atoms with Crippen LogP contribution in [0.2, 0.25) is 0 Å². The first-order chi connectivity index (χ1) is 6.91. The maximum absolute atomic E-state index is 13.0. The number of carboxylic acids is 1. The highest BCUT2D eigenvalue weighted by Crippen LogP contribution is 2.30. The van der Waals surface area contributed by atoms with Crippen LogP contribution in [0.25, 0.3) is 0 Å². The Morgan fingerprint density at radius 1 is 1.60 bits per heavy atom. The van der Waals surface area contributed by atoms with Crippen LogP contribution in [-0.4, -0.2) is 16.2 Å². The summed E-state index contributed by atoms with van der Waals surface area (Å²) >= 11 is 2.95. The number of hydrogen-bond acceptors (Lipinski definition) is 2. The molecule has 0 aliphatic carbocycles. The van der Waals surface area contributed by atoms with Gasteiger partial charge >= 0.3 is 5.97 Å². The second-order valence-electron chi connectivity index (χ2n) is 3.33. The summed E-state index contributed by atoms with van der Waals surface area (Å²) in [5.41, 5.74) is 0.586. The molecule has 1 rings (SSSR count). The quantitative estimate of drug-likeness (QED) is 0.893. The highest BCUT2D eigenvalue weighted by atomic mass is 79.9. The van der Waals surface area contributed by atoms with Gasteiger partial charge in [-0.05, 0) is 39.5 Å². The lowest BCUT2D eigenvalue weighted by atomic mass is 9.98. The average molecular weight is 277 g/mol. The van der Waals surface area contributed by atoms with Gasteiger partial charge in [0.25, 0.3) is 0 Å². The summed E-state index contributed by atoms with van der Waals surface area (Å²) in [5.74, 6) is -2.41. The van der Waals surface area contributed by atoms with Crippen molar-refractivity contribution in [1.29, 1.82) is 0 Å². The molecule has 15 heavy (non-hydrogen) atoms. The molecule has 0 amide bonds. The molecule has 1 aromatic carbocycles. The van der Waals surface area contributed by atoms with Crippen molar-refractivity contribution in [3.63, 3.8) is 0 Å². The minimum Gasteiger partial charge on any atom is -0.505 e. The molecule has 0 aliphatic heterocycles. The fraction of sp³-hybridized carbons (Fsp3) is 0.300. The molecule has 1 unspecified atom stereocenters. The Bertz CT molecular complexity index is 369. The molecule has 1 atom stereocenters. The molecule has 0 aromatic heterocycles. The van der Waals surface area contributed by atoms with Crippen LogP contribution >= 0.6 is 15.9 Å². The van der Waals surface area contributed by atoms with E-state index in [0.717, 1.165) is 0 Å². The van der Waals surface area contributed by atoms with Crippen LogP contribution in [-0.2, 0) is 4.79 Å². The van der Waals surface area contributed by atoms with E-state index in [1.807, 2.05) is 0 Å². The highest BCUT2D eigenvalue weighted by molar-refractivity contribution is 9.10. The van der Waals surface area contributed by atoms with Gasteiger partial charge in [-0.15, -0.1) is 0 Å². The van der Waals surface area contributed by atoms with Crippen molar-refractivity contribution < 1.29 is 19.4 Å². The number of carboxylic acid groups (broad SMARTS) is 1. The Kier molecular flexibility index (Phi) is 3.68. The van der Waals surface area contributed by atoms with Gasteiger partial charge in [0.1, 0.15) is 0 Å². The van der Waals surface area contributed by atoms with Crippen molar-refractivity contribution >= 4 is 21.9 Å². The van der Waals surface area contributed by atoms with Crippen molar-refractivity contribution in [2.75, 3.05) is 0 Å². The summed E-state index contributed by atoms with van der Waals surface area (Å²) in [6, 6.07) is 2.72. The number of aliphatic carboxylic acids is 1. The maximum Gasteiger partial charge on any atom is 0.303 e. The van der Waals surface area contributed by atoms with Crippen molar-refractivity contribution in [2.45, 2.75) is 19.3 Å². The average Bonchev–Trinajstić information content (AvgIpc) is 2.12. The predicted octanol–water partition coefficient (Wildman–Crippen LogP) is 2.87. The monoisotopic (exact) mass is 276 g/mol. The summed E-state index contributed by atoms with van der Waals surface area (Å²) in [4.78, 5) is 10.5. The zero-order valence-electron chi connectivity index (χ0n) is 8.00. The minimum atomic E-state index is -0.928. The Hall–Kier alpha value is -1.10. The molecule has 5 heteroatoms. The third kappa shape index (κ3) is 2.92. The summed E-state index contributed by atoms with van der Waals surface area (Å²) in [7, 11) is 0. The number of phenolic OH excluding ortho intramolecular Hbond substituents is 1. The molecule has 0 aliphatic rings. The fourth-order valence-electron chi connectivity index (χ4n) is 1.26. The van der Waals surface area contributed by atoms with Crippen LogP contribution in [0.15, 0.2) is 16.6 Å². The van der Waals surface area contributed by atoms with Crippen LogP contribution in [0.4, 0.5) is 4.39 Å². The van der Waals surface area contributed by atoms with E-state index < -0.39 is 17.5 Å². The van der Waals surface area contributed by atoms with E-state index >= 15 is 0 Å². The minimum absolute atomic E-state index is 0.0580. The molecule has 0 bridgehead atoms. The van der Waals surface area contributed by atoms with Gasteiger partial charge in [0.2, 0.25) is 0 Å². The molecule has 82 valence electrons. The van der Waals surface area contributed by atoms with E-state index in [2.05, 4.69) is 15.9 Å². The van der Waals surface area contributed by atoms with E-state index in [1.54, 1.807) is 6.92 Å². The zero-order valence-corrected chi connectivity index (χ0v) is 9.58. The number of phenols is 1. The van der Waals surface area contributed by atoms with Crippen molar-refractivity contribution in [2.24, 2.45) is 0 Å². The molecule has 0 saturated carbocycles. The summed E-state index contributed by atoms with van der Waals surface area (Å²) in [6.45, 7) is 1.70. The van der Waals surface area contributed by atoms with Crippen LogP contribution in [0.5, 0.6) is 5.75 Å². The molecule has 3 nitrogen and oxygen atoms in total. The number of benzene rings is 1. The predicted molar refractivity (Wildman–Crippen MR) is 56.4 cm³/mol. The van der Waals surface area contributed by atoms with Gasteiger partial charge in [0.15, 0.2) is 11.6 Å². The largest absolute Gasteiger partial charge is 0.505 e. The lowest BCUT2D eigenvalue weighted by Crippen LogP contribution is -2.03. The first-order valence-electron chi connectivity index (χ1n) is 4.31. The van der Waals surface area contributed by atoms with Crippen molar-refractivity contribution in [1.82, 2.24) is 0 Å². The molecular weight excluding hydrogens is 267 g/mol. The standard InChI is InChI=1S/C10H10BrFO3/c1-5(2-9(14)15)6-3-7(11)10(12)8(13)4-6/h3-5,13H,2H2,1H3,(H,14,15). The first kappa shape index (κ1) is 12.0.